The molecule has 1 aromatic carbocycles. The van der Waals surface area contributed by atoms with Gasteiger partial charge in [0.05, 0.1) is 5.69 Å². The number of aromatic nitrogens is 4. The van der Waals surface area contributed by atoms with Crippen molar-refractivity contribution in [2.75, 3.05) is 0 Å². The molecule has 0 atom stereocenters. The molecule has 7 heteroatoms. The van der Waals surface area contributed by atoms with Gasteiger partial charge >= 0.3 is 0 Å². The first-order chi connectivity index (χ1) is 13.7. The topological polar surface area (TPSA) is 43.6 Å². The van der Waals surface area contributed by atoms with Gasteiger partial charge in [0, 0.05) is 39.1 Å². The Hall–Kier alpha value is -1.96. The minimum absolute atomic E-state index is 0.796. The smallest absolute Gasteiger partial charge is 0.191 e. The number of hydrogen-bond acceptors (Lipinski definition) is 6. The van der Waals surface area contributed by atoms with E-state index in [0.717, 1.165) is 40.4 Å². The van der Waals surface area contributed by atoms with Gasteiger partial charge < -0.3 is 4.57 Å². The molecule has 0 aliphatic heterocycles. The number of nitrogens with zero attached hydrogens (tertiary/aromatic N) is 4. The molecule has 0 saturated carbocycles. The van der Waals surface area contributed by atoms with Crippen LogP contribution < -0.4 is 0 Å². The molecule has 0 bridgehead atoms. The molecule has 144 valence electrons. The highest BCUT2D eigenvalue weighted by Gasteiger charge is 2.15. The van der Waals surface area contributed by atoms with Gasteiger partial charge in [0.15, 0.2) is 11.0 Å². The molecular formula is C21H22N4S3. The molecule has 4 aromatic rings. The Morgan fingerprint density at radius 1 is 1.00 bits per heavy atom. The summed E-state index contributed by atoms with van der Waals surface area (Å²) in [6.07, 6.45) is 1.06. The lowest BCUT2D eigenvalue weighted by molar-refractivity contribution is 0.687. The van der Waals surface area contributed by atoms with Crippen molar-refractivity contribution in [3.05, 3.63) is 57.2 Å². The third-order valence-corrected chi connectivity index (χ3v) is 7.51. The monoisotopic (exact) mass is 426 g/mol. The molecule has 0 amide bonds. The van der Waals surface area contributed by atoms with E-state index in [-0.39, 0.29) is 0 Å². The van der Waals surface area contributed by atoms with Gasteiger partial charge in [-0.25, -0.2) is 4.98 Å². The third-order valence-electron chi connectivity index (χ3n) is 4.49. The highest BCUT2D eigenvalue weighted by atomic mass is 32.2. The van der Waals surface area contributed by atoms with Crippen molar-refractivity contribution >= 4 is 34.4 Å². The molecule has 0 radical (unpaired) electrons. The number of rotatable bonds is 7. The molecule has 4 nitrogen and oxygen atoms in total. The Labute approximate surface area is 177 Å². The minimum Gasteiger partial charge on any atom is -0.302 e. The number of aryl methyl sites for hydroxylation is 2. The first-order valence-electron chi connectivity index (χ1n) is 9.33. The maximum atomic E-state index is 4.80. The molecule has 0 aliphatic carbocycles. The summed E-state index contributed by atoms with van der Waals surface area (Å²) in [5.41, 5.74) is 4.69. The SMILES string of the molecule is CCc1cc(-c2nnc(SCc3csc(-c4ccc(C)cc4)n3)n2CC)cs1. The molecular weight excluding hydrogens is 404 g/mol. The maximum absolute atomic E-state index is 4.80. The van der Waals surface area contributed by atoms with Crippen molar-refractivity contribution in [2.45, 2.75) is 44.6 Å². The number of thioether (sulfide) groups is 1. The molecule has 3 aromatic heterocycles. The van der Waals surface area contributed by atoms with E-state index in [1.165, 1.54) is 21.6 Å². The predicted molar refractivity (Wildman–Crippen MR) is 120 cm³/mol. The summed E-state index contributed by atoms with van der Waals surface area (Å²) < 4.78 is 2.19. The molecule has 0 spiro atoms. The van der Waals surface area contributed by atoms with Crippen LogP contribution >= 0.6 is 34.4 Å². The van der Waals surface area contributed by atoms with E-state index in [4.69, 9.17) is 4.98 Å². The van der Waals surface area contributed by atoms with Crippen LogP contribution in [0.2, 0.25) is 0 Å². The van der Waals surface area contributed by atoms with Crippen LogP contribution in [0.15, 0.2) is 46.2 Å². The average molecular weight is 427 g/mol. The number of thiazole rings is 1. The highest BCUT2D eigenvalue weighted by molar-refractivity contribution is 7.98. The van der Waals surface area contributed by atoms with E-state index in [0.29, 0.717) is 0 Å². The van der Waals surface area contributed by atoms with Crippen LogP contribution in [0.4, 0.5) is 0 Å². The third kappa shape index (κ3) is 4.06. The van der Waals surface area contributed by atoms with Gasteiger partial charge in [-0.1, -0.05) is 48.5 Å². The first kappa shape index (κ1) is 19.4. The summed E-state index contributed by atoms with van der Waals surface area (Å²) in [6, 6.07) is 10.8. The van der Waals surface area contributed by atoms with Crippen LogP contribution in [-0.4, -0.2) is 19.7 Å². The summed E-state index contributed by atoms with van der Waals surface area (Å²) >= 11 is 5.18. The van der Waals surface area contributed by atoms with Crippen LogP contribution in [0, 0.1) is 6.92 Å². The standard InChI is InChI=1S/C21H22N4S3/c1-4-18-10-16(11-26-18)19-23-24-21(25(19)5-2)28-13-17-12-27-20(22-17)15-8-6-14(3)7-9-15/h6-12H,4-5,13H2,1-3H3. The van der Waals surface area contributed by atoms with Crippen molar-refractivity contribution in [2.24, 2.45) is 0 Å². The van der Waals surface area contributed by atoms with Gasteiger partial charge in [-0.15, -0.1) is 32.9 Å². The second-order valence-electron chi connectivity index (χ2n) is 6.50. The Kier molecular flexibility index (Phi) is 5.94. The zero-order valence-electron chi connectivity index (χ0n) is 16.2. The average Bonchev–Trinajstić information content (AvgIpc) is 3.45. The van der Waals surface area contributed by atoms with E-state index in [1.54, 1.807) is 34.4 Å². The van der Waals surface area contributed by atoms with Crippen molar-refractivity contribution < 1.29 is 0 Å². The van der Waals surface area contributed by atoms with Gasteiger partial charge in [-0.3, -0.25) is 0 Å². The van der Waals surface area contributed by atoms with E-state index >= 15 is 0 Å². The molecule has 0 N–H and O–H groups in total. The Morgan fingerprint density at radius 3 is 2.54 bits per heavy atom. The van der Waals surface area contributed by atoms with Gasteiger partial charge in [0.2, 0.25) is 0 Å². The normalized spacial score (nSPS) is 11.2. The van der Waals surface area contributed by atoms with Crippen LogP contribution in [0.3, 0.4) is 0 Å². The number of benzene rings is 1. The van der Waals surface area contributed by atoms with Crippen LogP contribution in [0.1, 0.15) is 30.0 Å². The summed E-state index contributed by atoms with van der Waals surface area (Å²) in [7, 11) is 0. The Morgan fingerprint density at radius 2 is 1.82 bits per heavy atom. The summed E-state index contributed by atoms with van der Waals surface area (Å²) in [5.74, 6) is 1.75. The fraction of sp³-hybridized carbons (Fsp3) is 0.286. The fourth-order valence-corrected chi connectivity index (χ4v) is 5.56. The molecule has 28 heavy (non-hydrogen) atoms. The quantitative estimate of drug-likeness (QED) is 0.325. The van der Waals surface area contributed by atoms with E-state index in [1.807, 2.05) is 0 Å². The second kappa shape index (κ2) is 8.59. The number of thiophene rings is 1. The molecule has 0 fully saturated rings. The lowest BCUT2D eigenvalue weighted by Gasteiger charge is -2.05. The van der Waals surface area contributed by atoms with Crippen molar-refractivity contribution in [3.8, 4) is 22.0 Å². The molecule has 4 rings (SSSR count). The molecule has 0 saturated heterocycles. The van der Waals surface area contributed by atoms with E-state index in [9.17, 15) is 0 Å². The van der Waals surface area contributed by atoms with Gasteiger partial charge in [-0.2, -0.15) is 0 Å². The van der Waals surface area contributed by atoms with E-state index in [2.05, 4.69) is 76.6 Å². The van der Waals surface area contributed by atoms with Crippen LogP contribution in [-0.2, 0) is 18.7 Å². The summed E-state index contributed by atoms with van der Waals surface area (Å²) in [6.45, 7) is 7.28. The zero-order valence-corrected chi connectivity index (χ0v) is 18.6. The van der Waals surface area contributed by atoms with Gasteiger partial charge in [0.25, 0.3) is 0 Å². The Bertz CT molecular complexity index is 1060. The van der Waals surface area contributed by atoms with Gasteiger partial charge in [-0.05, 0) is 26.3 Å². The molecule has 3 heterocycles. The summed E-state index contributed by atoms with van der Waals surface area (Å²) in [4.78, 5) is 6.18. The highest BCUT2D eigenvalue weighted by Crippen LogP contribution is 2.31. The Balaban J connectivity index is 1.49. The molecule has 0 unspecified atom stereocenters. The largest absolute Gasteiger partial charge is 0.302 e. The van der Waals surface area contributed by atoms with Crippen molar-refractivity contribution in [3.63, 3.8) is 0 Å². The predicted octanol–water partition coefficient (Wildman–Crippen LogP) is 6.31. The van der Waals surface area contributed by atoms with Crippen molar-refractivity contribution in [1.82, 2.24) is 19.7 Å². The fourth-order valence-electron chi connectivity index (χ4n) is 2.92. The van der Waals surface area contributed by atoms with E-state index < -0.39 is 0 Å². The van der Waals surface area contributed by atoms with Crippen molar-refractivity contribution in [1.29, 1.82) is 0 Å². The zero-order chi connectivity index (χ0) is 19.5. The lowest BCUT2D eigenvalue weighted by Crippen LogP contribution is -1.99. The minimum atomic E-state index is 0.796. The first-order valence-corrected chi connectivity index (χ1v) is 12.1. The number of hydrogen-bond donors (Lipinski definition) is 0. The maximum Gasteiger partial charge on any atom is 0.191 e. The van der Waals surface area contributed by atoms with Gasteiger partial charge in [0.1, 0.15) is 5.01 Å². The second-order valence-corrected chi connectivity index (χ2v) is 9.30. The van der Waals surface area contributed by atoms with Crippen LogP contribution in [0.25, 0.3) is 22.0 Å². The molecule has 0 aliphatic rings. The van der Waals surface area contributed by atoms with Crippen LogP contribution in [0.5, 0.6) is 0 Å². The summed E-state index contributed by atoms with van der Waals surface area (Å²) in [5, 5.41) is 15.2. The lowest BCUT2D eigenvalue weighted by atomic mass is 10.2.